The number of imidazole rings is 1. The summed E-state index contributed by atoms with van der Waals surface area (Å²) in [5, 5.41) is 0. The summed E-state index contributed by atoms with van der Waals surface area (Å²) in [7, 11) is 0. The largest absolute Gasteiger partial charge is 0.338 e. The van der Waals surface area contributed by atoms with Gasteiger partial charge in [-0.05, 0) is 46.6 Å². The molecule has 90 valence electrons. The van der Waals surface area contributed by atoms with Gasteiger partial charge in [-0.2, -0.15) is 0 Å². The topological polar surface area (TPSA) is 41.6 Å². The molecule has 0 radical (unpaired) electrons. The lowest BCUT2D eigenvalue weighted by atomic mass is 10.2. The van der Waals surface area contributed by atoms with Gasteiger partial charge in [-0.25, -0.2) is 4.98 Å². The molecule has 0 aliphatic heterocycles. The minimum atomic E-state index is 0.833. The first kappa shape index (κ1) is 11.9. The highest BCUT2D eigenvalue weighted by Crippen LogP contribution is 2.26. The minimum Gasteiger partial charge on any atom is -0.338 e. The molecule has 0 atom stereocenters. The first-order valence-corrected chi connectivity index (χ1v) is 6.99. The summed E-state index contributed by atoms with van der Waals surface area (Å²) >= 11 is 6.91. The third-order valence-electron chi connectivity index (χ3n) is 2.72. The van der Waals surface area contributed by atoms with Gasteiger partial charge < -0.3 is 4.98 Å². The van der Waals surface area contributed by atoms with Gasteiger partial charge in [0.1, 0.15) is 5.82 Å². The van der Waals surface area contributed by atoms with Crippen LogP contribution in [0.3, 0.4) is 0 Å². The van der Waals surface area contributed by atoms with Crippen molar-refractivity contribution in [1.29, 1.82) is 0 Å². The quantitative estimate of drug-likeness (QED) is 0.690. The second-order valence-corrected chi connectivity index (χ2v) is 5.93. The van der Waals surface area contributed by atoms with Crippen molar-refractivity contribution in [1.82, 2.24) is 15.0 Å². The van der Waals surface area contributed by atoms with Crippen molar-refractivity contribution in [3.05, 3.63) is 45.1 Å². The number of hydrogen-bond donors (Lipinski definition) is 1. The molecule has 0 bridgehead atoms. The molecule has 2 aromatic heterocycles. The summed E-state index contributed by atoms with van der Waals surface area (Å²) in [5.74, 6) is 0.833. The number of H-pyrrole nitrogens is 1. The SMILES string of the molecule is Cc1cc(Br)cc2[nH]c(-c3cncc(Br)c3)nc12. The number of halogens is 2. The Morgan fingerprint density at radius 1 is 1.06 bits per heavy atom. The summed E-state index contributed by atoms with van der Waals surface area (Å²) in [6.45, 7) is 2.05. The lowest BCUT2D eigenvalue weighted by Crippen LogP contribution is -1.82. The average Bonchev–Trinajstić information content (AvgIpc) is 2.73. The second-order valence-electron chi connectivity index (χ2n) is 4.10. The number of nitrogens with zero attached hydrogens (tertiary/aromatic N) is 2. The van der Waals surface area contributed by atoms with E-state index in [1.54, 1.807) is 12.4 Å². The van der Waals surface area contributed by atoms with Gasteiger partial charge in [0.15, 0.2) is 0 Å². The van der Waals surface area contributed by atoms with Gasteiger partial charge in [-0.15, -0.1) is 0 Å². The zero-order chi connectivity index (χ0) is 12.7. The van der Waals surface area contributed by atoms with E-state index in [0.717, 1.165) is 36.9 Å². The first-order valence-electron chi connectivity index (χ1n) is 5.40. The van der Waals surface area contributed by atoms with Gasteiger partial charge in [0.2, 0.25) is 0 Å². The Labute approximate surface area is 121 Å². The highest BCUT2D eigenvalue weighted by atomic mass is 79.9. The van der Waals surface area contributed by atoms with Crippen LogP contribution in [0.15, 0.2) is 39.5 Å². The van der Waals surface area contributed by atoms with Gasteiger partial charge in [-0.3, -0.25) is 4.98 Å². The lowest BCUT2D eigenvalue weighted by molar-refractivity contribution is 1.26. The van der Waals surface area contributed by atoms with E-state index in [-0.39, 0.29) is 0 Å². The number of nitrogens with one attached hydrogen (secondary N) is 1. The molecule has 0 fully saturated rings. The number of aryl methyl sites for hydroxylation is 1. The molecular formula is C13H9Br2N3. The van der Waals surface area contributed by atoms with Crippen LogP contribution in [0.25, 0.3) is 22.4 Å². The van der Waals surface area contributed by atoms with Gasteiger partial charge in [0.05, 0.1) is 11.0 Å². The predicted octanol–water partition coefficient (Wildman–Crippen LogP) is 4.46. The van der Waals surface area contributed by atoms with Crippen LogP contribution >= 0.6 is 31.9 Å². The zero-order valence-electron chi connectivity index (χ0n) is 9.54. The minimum absolute atomic E-state index is 0.833. The molecule has 2 heterocycles. The van der Waals surface area contributed by atoms with E-state index in [1.165, 1.54) is 0 Å². The number of pyridine rings is 1. The molecule has 1 aromatic carbocycles. The van der Waals surface area contributed by atoms with Gasteiger partial charge >= 0.3 is 0 Å². The van der Waals surface area contributed by atoms with Crippen molar-refractivity contribution in [3.8, 4) is 11.4 Å². The van der Waals surface area contributed by atoms with Crippen LogP contribution in [0.5, 0.6) is 0 Å². The van der Waals surface area contributed by atoms with E-state index in [4.69, 9.17) is 0 Å². The highest BCUT2D eigenvalue weighted by molar-refractivity contribution is 9.10. The maximum absolute atomic E-state index is 4.63. The van der Waals surface area contributed by atoms with Crippen LogP contribution in [0.2, 0.25) is 0 Å². The number of aromatic nitrogens is 3. The maximum Gasteiger partial charge on any atom is 0.140 e. The molecular weight excluding hydrogens is 358 g/mol. The molecule has 0 unspecified atom stereocenters. The van der Waals surface area contributed by atoms with E-state index in [9.17, 15) is 0 Å². The number of aromatic amines is 1. The van der Waals surface area contributed by atoms with E-state index in [0.29, 0.717) is 0 Å². The molecule has 3 aromatic rings. The molecule has 0 saturated carbocycles. The summed E-state index contributed by atoms with van der Waals surface area (Å²) in [6.07, 6.45) is 3.56. The highest BCUT2D eigenvalue weighted by Gasteiger charge is 2.08. The van der Waals surface area contributed by atoms with E-state index >= 15 is 0 Å². The third-order valence-corrected chi connectivity index (χ3v) is 3.61. The Bertz CT molecular complexity index is 734. The fraction of sp³-hybridized carbons (Fsp3) is 0.0769. The van der Waals surface area contributed by atoms with Crippen molar-refractivity contribution >= 4 is 42.9 Å². The predicted molar refractivity (Wildman–Crippen MR) is 79.5 cm³/mol. The van der Waals surface area contributed by atoms with E-state index in [1.807, 2.05) is 12.1 Å². The van der Waals surface area contributed by atoms with Gasteiger partial charge in [0.25, 0.3) is 0 Å². The van der Waals surface area contributed by atoms with Crippen LogP contribution in [0.1, 0.15) is 5.56 Å². The average molecular weight is 367 g/mol. The summed E-state index contributed by atoms with van der Waals surface area (Å²) < 4.78 is 1.99. The molecule has 0 amide bonds. The summed E-state index contributed by atoms with van der Waals surface area (Å²) in [4.78, 5) is 12.1. The Morgan fingerprint density at radius 2 is 1.89 bits per heavy atom. The van der Waals surface area contributed by atoms with Crippen LogP contribution in [-0.4, -0.2) is 15.0 Å². The number of fused-ring (bicyclic) bond motifs is 1. The molecule has 0 aliphatic rings. The lowest BCUT2D eigenvalue weighted by Gasteiger charge is -1.95. The van der Waals surface area contributed by atoms with Crippen molar-refractivity contribution < 1.29 is 0 Å². The van der Waals surface area contributed by atoms with E-state index in [2.05, 4.69) is 59.8 Å². The third kappa shape index (κ3) is 2.08. The number of hydrogen-bond acceptors (Lipinski definition) is 2. The monoisotopic (exact) mass is 365 g/mol. The molecule has 0 saturated heterocycles. The molecule has 3 nitrogen and oxygen atoms in total. The van der Waals surface area contributed by atoms with Crippen LogP contribution in [0.4, 0.5) is 0 Å². The zero-order valence-corrected chi connectivity index (χ0v) is 12.7. The Kier molecular flexibility index (Phi) is 2.95. The van der Waals surface area contributed by atoms with Crippen molar-refractivity contribution in [2.45, 2.75) is 6.92 Å². The molecule has 18 heavy (non-hydrogen) atoms. The van der Waals surface area contributed by atoms with Crippen molar-refractivity contribution in [3.63, 3.8) is 0 Å². The number of benzene rings is 1. The fourth-order valence-corrected chi connectivity index (χ4v) is 2.86. The first-order chi connectivity index (χ1) is 8.63. The van der Waals surface area contributed by atoms with Crippen molar-refractivity contribution in [2.24, 2.45) is 0 Å². The van der Waals surface area contributed by atoms with Gasteiger partial charge in [-0.1, -0.05) is 15.9 Å². The molecule has 1 N–H and O–H groups in total. The maximum atomic E-state index is 4.63. The molecule has 0 aliphatic carbocycles. The molecule has 3 rings (SSSR count). The van der Waals surface area contributed by atoms with E-state index < -0.39 is 0 Å². The van der Waals surface area contributed by atoms with Gasteiger partial charge in [0, 0.05) is 26.9 Å². The van der Waals surface area contributed by atoms with Crippen LogP contribution < -0.4 is 0 Å². The smallest absolute Gasteiger partial charge is 0.140 e. The number of rotatable bonds is 1. The summed E-state index contributed by atoms with van der Waals surface area (Å²) in [6, 6.07) is 6.09. The van der Waals surface area contributed by atoms with Crippen LogP contribution in [0, 0.1) is 6.92 Å². The Morgan fingerprint density at radius 3 is 2.67 bits per heavy atom. The second kappa shape index (κ2) is 4.48. The molecule has 0 spiro atoms. The Balaban J connectivity index is 2.22. The molecule has 5 heteroatoms. The normalized spacial score (nSPS) is 11.1. The standard InChI is InChI=1S/C13H9Br2N3/c1-7-2-9(14)4-11-12(7)18-13(17-11)8-3-10(15)6-16-5-8/h2-6H,1H3,(H,17,18). The summed E-state index contributed by atoms with van der Waals surface area (Å²) in [5.41, 5.74) is 4.13. The fourth-order valence-electron chi connectivity index (χ4n) is 1.92. The Hall–Kier alpha value is -1.20. The van der Waals surface area contributed by atoms with Crippen molar-refractivity contribution in [2.75, 3.05) is 0 Å². The van der Waals surface area contributed by atoms with Crippen LogP contribution in [-0.2, 0) is 0 Å².